The highest BCUT2D eigenvalue weighted by Crippen LogP contribution is 2.28. The van der Waals surface area contributed by atoms with Crippen LogP contribution in [0.5, 0.6) is 0 Å². The second-order valence-electron chi connectivity index (χ2n) is 8.84. The number of nitrogens with zero attached hydrogens (tertiary/aromatic N) is 3. The van der Waals surface area contributed by atoms with Crippen LogP contribution >= 0.6 is 11.6 Å². The van der Waals surface area contributed by atoms with Gasteiger partial charge in [0.25, 0.3) is 0 Å². The normalized spacial score (nSPS) is 10.8. The molecule has 0 spiro atoms. The van der Waals surface area contributed by atoms with Gasteiger partial charge in [-0.1, -0.05) is 97.7 Å². The molecule has 1 aromatic heterocycles. The Balaban J connectivity index is 1.48. The Bertz CT molecular complexity index is 1340. The van der Waals surface area contributed by atoms with E-state index in [1.165, 1.54) is 4.90 Å². The number of benzene rings is 3. The predicted molar refractivity (Wildman–Crippen MR) is 150 cm³/mol. The van der Waals surface area contributed by atoms with E-state index in [4.69, 9.17) is 21.4 Å². The predicted octanol–water partition coefficient (Wildman–Crippen LogP) is 5.98. The van der Waals surface area contributed by atoms with Crippen LogP contribution in [0.15, 0.2) is 91.0 Å². The molecule has 4 aromatic rings. The molecule has 0 aliphatic rings. The second kappa shape index (κ2) is 13.6. The molecule has 0 saturated carbocycles. The van der Waals surface area contributed by atoms with Gasteiger partial charge in [-0.25, -0.2) is 4.68 Å². The molecule has 0 atom stereocenters. The lowest BCUT2D eigenvalue weighted by Crippen LogP contribution is -2.40. The standard InChI is InChI=1S/C30H31ClN4O3/c1-2-3-18-34(30(37)22-38-21-23-12-6-4-7-13-23)20-29(36)32-28-19-26(24-14-8-5-9-15-24)33-35(28)27-17-11-10-16-25(27)31/h4-17,19H,2-3,18,20-22H2,1H3,(H,32,36). The largest absolute Gasteiger partial charge is 0.367 e. The number of carbonyl (C=O) groups is 2. The van der Waals surface area contributed by atoms with Gasteiger partial charge in [-0.3, -0.25) is 9.59 Å². The lowest BCUT2D eigenvalue weighted by molar-refractivity contribution is -0.139. The number of rotatable bonds is 12. The minimum Gasteiger partial charge on any atom is -0.367 e. The zero-order valence-corrected chi connectivity index (χ0v) is 22.1. The highest BCUT2D eigenvalue weighted by Gasteiger charge is 2.20. The van der Waals surface area contributed by atoms with Crippen molar-refractivity contribution in [3.8, 4) is 16.9 Å². The van der Waals surface area contributed by atoms with E-state index in [0.717, 1.165) is 24.0 Å². The Morgan fingerprint density at radius 2 is 1.66 bits per heavy atom. The number of carbonyl (C=O) groups excluding carboxylic acids is 2. The molecule has 0 bridgehead atoms. The summed E-state index contributed by atoms with van der Waals surface area (Å²) in [7, 11) is 0. The number of para-hydroxylation sites is 1. The summed E-state index contributed by atoms with van der Waals surface area (Å²) in [6.07, 6.45) is 1.68. The summed E-state index contributed by atoms with van der Waals surface area (Å²) in [5.74, 6) is -0.0929. The maximum atomic E-state index is 13.2. The number of unbranched alkanes of at least 4 members (excludes halogenated alkanes) is 1. The molecule has 4 rings (SSSR count). The van der Waals surface area contributed by atoms with Crippen molar-refractivity contribution in [2.75, 3.05) is 25.0 Å². The summed E-state index contributed by atoms with van der Waals surface area (Å²) >= 11 is 6.46. The third-order valence-corrected chi connectivity index (χ3v) is 6.25. The van der Waals surface area contributed by atoms with Gasteiger partial charge in [0, 0.05) is 18.2 Å². The third-order valence-electron chi connectivity index (χ3n) is 5.93. The highest BCUT2D eigenvalue weighted by atomic mass is 35.5. The van der Waals surface area contributed by atoms with Crippen molar-refractivity contribution < 1.29 is 14.3 Å². The quantitative estimate of drug-likeness (QED) is 0.244. The minimum absolute atomic E-state index is 0.0953. The van der Waals surface area contributed by atoms with Crippen molar-refractivity contribution in [1.29, 1.82) is 0 Å². The average Bonchev–Trinajstić information content (AvgIpc) is 3.35. The van der Waals surface area contributed by atoms with E-state index in [1.807, 2.05) is 85.8 Å². The molecular formula is C30H31ClN4O3. The first-order valence-electron chi connectivity index (χ1n) is 12.6. The Hall–Kier alpha value is -3.94. The number of hydrogen-bond acceptors (Lipinski definition) is 4. The van der Waals surface area contributed by atoms with Crippen LogP contribution in [0.1, 0.15) is 25.3 Å². The first-order chi connectivity index (χ1) is 18.5. The van der Waals surface area contributed by atoms with Crippen LogP contribution in [0.4, 0.5) is 5.82 Å². The summed E-state index contributed by atoms with van der Waals surface area (Å²) in [5, 5.41) is 8.15. The molecule has 0 saturated heterocycles. The molecule has 8 heteroatoms. The summed E-state index contributed by atoms with van der Waals surface area (Å²) in [4.78, 5) is 27.7. The Morgan fingerprint density at radius 1 is 0.974 bits per heavy atom. The van der Waals surface area contributed by atoms with Crippen molar-refractivity contribution in [3.63, 3.8) is 0 Å². The third kappa shape index (κ3) is 7.31. The van der Waals surface area contributed by atoms with Crippen molar-refractivity contribution in [3.05, 3.63) is 102 Å². The fourth-order valence-electron chi connectivity index (χ4n) is 3.95. The molecule has 1 heterocycles. The van der Waals surface area contributed by atoms with Crippen molar-refractivity contribution in [2.24, 2.45) is 0 Å². The van der Waals surface area contributed by atoms with Gasteiger partial charge in [0.2, 0.25) is 11.8 Å². The molecular weight excluding hydrogens is 500 g/mol. The number of amides is 2. The first-order valence-corrected chi connectivity index (χ1v) is 13.0. The van der Waals surface area contributed by atoms with Gasteiger partial charge in [0.05, 0.1) is 29.6 Å². The first kappa shape index (κ1) is 27.1. The monoisotopic (exact) mass is 530 g/mol. The van der Waals surface area contributed by atoms with E-state index in [9.17, 15) is 9.59 Å². The fourth-order valence-corrected chi connectivity index (χ4v) is 4.16. The van der Waals surface area contributed by atoms with Crippen LogP contribution in [-0.4, -0.2) is 46.2 Å². The van der Waals surface area contributed by atoms with Gasteiger partial charge in [0.1, 0.15) is 12.4 Å². The van der Waals surface area contributed by atoms with E-state index in [2.05, 4.69) is 5.32 Å². The molecule has 196 valence electrons. The number of aromatic nitrogens is 2. The summed E-state index contributed by atoms with van der Waals surface area (Å²) in [5.41, 5.74) is 3.22. The average molecular weight is 531 g/mol. The van der Waals surface area contributed by atoms with Crippen molar-refractivity contribution in [1.82, 2.24) is 14.7 Å². The molecule has 2 amide bonds. The van der Waals surface area contributed by atoms with Gasteiger partial charge < -0.3 is 15.0 Å². The Morgan fingerprint density at radius 3 is 2.37 bits per heavy atom. The van der Waals surface area contributed by atoms with Crippen LogP contribution in [0.2, 0.25) is 5.02 Å². The van der Waals surface area contributed by atoms with Crippen LogP contribution in [0, 0.1) is 0 Å². The van der Waals surface area contributed by atoms with E-state index >= 15 is 0 Å². The van der Waals surface area contributed by atoms with E-state index in [0.29, 0.717) is 35.4 Å². The molecule has 1 N–H and O–H groups in total. The molecule has 3 aromatic carbocycles. The number of halogens is 1. The minimum atomic E-state index is -0.328. The molecule has 0 aliphatic heterocycles. The van der Waals surface area contributed by atoms with Gasteiger partial charge in [-0.05, 0) is 24.1 Å². The molecule has 38 heavy (non-hydrogen) atoms. The maximum Gasteiger partial charge on any atom is 0.249 e. The second-order valence-corrected chi connectivity index (χ2v) is 9.25. The van der Waals surface area contributed by atoms with Gasteiger partial charge in [-0.2, -0.15) is 5.10 Å². The van der Waals surface area contributed by atoms with Gasteiger partial charge in [-0.15, -0.1) is 0 Å². The zero-order chi connectivity index (χ0) is 26.7. The van der Waals surface area contributed by atoms with Crippen LogP contribution < -0.4 is 5.32 Å². The van der Waals surface area contributed by atoms with Crippen molar-refractivity contribution >= 4 is 29.2 Å². The number of hydrogen-bond donors (Lipinski definition) is 1. The molecule has 7 nitrogen and oxygen atoms in total. The van der Waals surface area contributed by atoms with Gasteiger partial charge >= 0.3 is 0 Å². The molecule has 0 unspecified atom stereocenters. The zero-order valence-electron chi connectivity index (χ0n) is 21.3. The van der Waals surface area contributed by atoms with Crippen molar-refractivity contribution in [2.45, 2.75) is 26.4 Å². The smallest absolute Gasteiger partial charge is 0.249 e. The number of ether oxygens (including phenoxy) is 1. The Kier molecular flexibility index (Phi) is 9.67. The Labute approximate surface area is 228 Å². The lowest BCUT2D eigenvalue weighted by Gasteiger charge is -2.22. The van der Waals surface area contributed by atoms with Crippen LogP contribution in [-0.2, 0) is 20.9 Å². The van der Waals surface area contributed by atoms with E-state index in [1.54, 1.807) is 16.8 Å². The SMILES string of the molecule is CCCCN(CC(=O)Nc1cc(-c2ccccc2)nn1-c1ccccc1Cl)C(=O)COCc1ccccc1. The molecule has 0 radical (unpaired) electrons. The lowest BCUT2D eigenvalue weighted by atomic mass is 10.1. The number of anilines is 1. The topological polar surface area (TPSA) is 76.5 Å². The maximum absolute atomic E-state index is 13.2. The van der Waals surface area contributed by atoms with Crippen LogP contribution in [0.25, 0.3) is 16.9 Å². The van der Waals surface area contributed by atoms with E-state index in [-0.39, 0.29) is 25.0 Å². The van der Waals surface area contributed by atoms with Gasteiger partial charge in [0.15, 0.2) is 0 Å². The van der Waals surface area contributed by atoms with Crippen LogP contribution in [0.3, 0.4) is 0 Å². The van der Waals surface area contributed by atoms with E-state index < -0.39 is 0 Å². The highest BCUT2D eigenvalue weighted by molar-refractivity contribution is 6.32. The number of nitrogens with one attached hydrogen (secondary N) is 1. The summed E-state index contributed by atoms with van der Waals surface area (Å²) < 4.78 is 7.25. The molecule has 0 aliphatic carbocycles. The summed E-state index contributed by atoms with van der Waals surface area (Å²) in [6, 6.07) is 28.5. The molecule has 0 fully saturated rings. The summed E-state index contributed by atoms with van der Waals surface area (Å²) in [6.45, 7) is 2.65. The fraction of sp³-hybridized carbons (Fsp3) is 0.233.